The molecule has 0 aromatic carbocycles. The van der Waals surface area contributed by atoms with E-state index in [0.717, 1.165) is 38.5 Å². The summed E-state index contributed by atoms with van der Waals surface area (Å²) in [6.45, 7) is 5.00. The Hall–Kier alpha value is -1.40. The Labute approximate surface area is 533 Å². The topological polar surface area (TPSA) is 95.9 Å². The molecule has 0 aromatic rings. The molecule has 6 nitrogen and oxygen atoms in total. The molecule has 1 amide bonds. The van der Waals surface area contributed by atoms with E-state index in [2.05, 4.69) is 31.3 Å². The summed E-state index contributed by atoms with van der Waals surface area (Å²) >= 11 is 0. The minimum Gasteiger partial charge on any atom is -0.466 e. The summed E-state index contributed by atoms with van der Waals surface area (Å²) in [5, 5.41) is 23.4. The first kappa shape index (κ1) is 83.6. The lowest BCUT2D eigenvalue weighted by Crippen LogP contribution is -2.45. The number of carbonyl (C=O) groups excluding carboxylic acids is 2. The van der Waals surface area contributed by atoms with Gasteiger partial charge in [0.15, 0.2) is 0 Å². The van der Waals surface area contributed by atoms with Crippen LogP contribution in [-0.2, 0) is 14.3 Å². The molecule has 2 unspecified atom stereocenters. The first-order valence-electron chi connectivity index (χ1n) is 39.4. The molecule has 0 aliphatic rings. The number of amides is 1. The number of rotatable bonds is 75. The van der Waals surface area contributed by atoms with Crippen molar-refractivity contribution in [3.8, 4) is 0 Å². The third-order valence-corrected chi connectivity index (χ3v) is 18.8. The molecule has 0 rings (SSSR count). The highest BCUT2D eigenvalue weighted by Gasteiger charge is 2.20. The van der Waals surface area contributed by atoms with Gasteiger partial charge in [-0.25, -0.2) is 0 Å². The first-order valence-corrected chi connectivity index (χ1v) is 39.4. The number of esters is 1. The van der Waals surface area contributed by atoms with Crippen LogP contribution in [0.3, 0.4) is 0 Å². The molecule has 0 saturated heterocycles. The molecular formula is C79H155NO5. The highest BCUT2D eigenvalue weighted by Crippen LogP contribution is 2.20. The first-order chi connectivity index (χ1) is 42.0. The zero-order chi connectivity index (χ0) is 61.3. The zero-order valence-electron chi connectivity index (χ0n) is 58.1. The Balaban J connectivity index is 3.29. The van der Waals surface area contributed by atoms with Crippen molar-refractivity contribution in [2.45, 2.75) is 469 Å². The second-order valence-electron chi connectivity index (χ2n) is 27.4. The summed E-state index contributed by atoms with van der Waals surface area (Å²) in [6, 6.07) is -0.536. The molecule has 0 aromatic heterocycles. The molecule has 0 spiro atoms. The number of aliphatic hydroxyl groups excluding tert-OH is 2. The van der Waals surface area contributed by atoms with Crippen molar-refractivity contribution < 1.29 is 24.5 Å². The molecule has 0 aliphatic heterocycles. The normalized spacial score (nSPS) is 12.5. The lowest BCUT2D eigenvalue weighted by molar-refractivity contribution is -0.143. The van der Waals surface area contributed by atoms with Crippen molar-refractivity contribution in [3.05, 3.63) is 12.2 Å². The van der Waals surface area contributed by atoms with E-state index in [1.54, 1.807) is 0 Å². The van der Waals surface area contributed by atoms with Gasteiger partial charge >= 0.3 is 5.97 Å². The fourth-order valence-corrected chi connectivity index (χ4v) is 12.8. The lowest BCUT2D eigenvalue weighted by Gasteiger charge is -2.22. The molecule has 0 aliphatic carbocycles. The Morgan fingerprint density at radius 2 is 0.553 bits per heavy atom. The van der Waals surface area contributed by atoms with Crippen LogP contribution in [-0.4, -0.2) is 47.4 Å². The maximum atomic E-state index is 12.5. The quantitative estimate of drug-likeness (QED) is 0.0320. The van der Waals surface area contributed by atoms with Gasteiger partial charge in [0.1, 0.15) is 0 Å². The number of hydrogen-bond donors (Lipinski definition) is 3. The van der Waals surface area contributed by atoms with E-state index >= 15 is 0 Å². The number of ether oxygens (including phenoxy) is 1. The molecule has 506 valence electrons. The van der Waals surface area contributed by atoms with Crippen LogP contribution in [0.15, 0.2) is 12.2 Å². The predicted octanol–water partition coefficient (Wildman–Crippen LogP) is 25.9. The van der Waals surface area contributed by atoms with E-state index in [4.69, 9.17) is 4.74 Å². The maximum absolute atomic E-state index is 12.5. The van der Waals surface area contributed by atoms with Crippen molar-refractivity contribution in [1.29, 1.82) is 0 Å². The van der Waals surface area contributed by atoms with Gasteiger partial charge in [-0.3, -0.25) is 9.59 Å². The van der Waals surface area contributed by atoms with Gasteiger partial charge in [-0.1, -0.05) is 405 Å². The van der Waals surface area contributed by atoms with Crippen LogP contribution in [0.4, 0.5) is 0 Å². The van der Waals surface area contributed by atoms with Gasteiger partial charge in [0, 0.05) is 12.8 Å². The van der Waals surface area contributed by atoms with Gasteiger partial charge in [-0.15, -0.1) is 0 Å². The van der Waals surface area contributed by atoms with E-state index in [1.807, 2.05) is 0 Å². The number of carbonyl (C=O) groups is 2. The number of allylic oxidation sites excluding steroid dienone is 2. The van der Waals surface area contributed by atoms with E-state index in [9.17, 15) is 19.8 Å². The summed E-state index contributed by atoms with van der Waals surface area (Å²) < 4.78 is 5.51. The largest absolute Gasteiger partial charge is 0.466 e. The van der Waals surface area contributed by atoms with Crippen LogP contribution in [0.25, 0.3) is 0 Å². The van der Waals surface area contributed by atoms with Gasteiger partial charge in [0.25, 0.3) is 0 Å². The standard InChI is InChI=1S/C79H155NO5/c1-3-5-7-9-11-13-15-17-19-20-41-45-49-53-57-61-65-69-73-79(84)85-74-70-66-62-58-54-50-46-42-39-37-35-33-31-29-27-25-23-21-22-24-26-28-30-32-34-36-38-40-44-48-52-56-60-64-68-72-78(83)80-76(75-81)77(82)71-67-63-59-55-51-47-43-18-16-14-12-10-8-6-4-2/h19-20,76-77,81-82H,3-18,21-75H2,1-2H3,(H,80,83)/b20-19-. The van der Waals surface area contributed by atoms with Crippen LogP contribution in [0, 0.1) is 0 Å². The van der Waals surface area contributed by atoms with Crippen molar-refractivity contribution in [1.82, 2.24) is 5.32 Å². The number of aliphatic hydroxyl groups is 2. The minimum absolute atomic E-state index is 0.0209. The van der Waals surface area contributed by atoms with Crippen LogP contribution in [0.2, 0.25) is 0 Å². The van der Waals surface area contributed by atoms with E-state index in [1.165, 1.54) is 385 Å². The molecular weight excluding hydrogens is 1040 g/mol. The highest BCUT2D eigenvalue weighted by atomic mass is 16.5. The molecule has 0 heterocycles. The van der Waals surface area contributed by atoms with E-state index in [-0.39, 0.29) is 18.5 Å². The van der Waals surface area contributed by atoms with Crippen molar-refractivity contribution in [2.24, 2.45) is 0 Å². The van der Waals surface area contributed by atoms with Gasteiger partial charge in [-0.2, -0.15) is 0 Å². The molecule has 3 N–H and O–H groups in total. The third-order valence-electron chi connectivity index (χ3n) is 18.8. The third kappa shape index (κ3) is 71.6. The number of nitrogens with one attached hydrogen (secondary N) is 1. The fraction of sp³-hybridized carbons (Fsp3) is 0.949. The van der Waals surface area contributed by atoms with Crippen molar-refractivity contribution >= 4 is 11.9 Å². The smallest absolute Gasteiger partial charge is 0.305 e. The second kappa shape index (κ2) is 75.1. The molecule has 0 radical (unpaired) electrons. The van der Waals surface area contributed by atoms with Crippen molar-refractivity contribution in [2.75, 3.05) is 13.2 Å². The number of unbranched alkanes of at least 4 members (excludes halogenated alkanes) is 62. The van der Waals surface area contributed by atoms with Crippen LogP contribution >= 0.6 is 0 Å². The summed E-state index contributed by atoms with van der Waals surface area (Å²) in [5.41, 5.74) is 0. The Morgan fingerprint density at radius 1 is 0.318 bits per heavy atom. The SMILES string of the molecule is CCCCCCCCC/C=C\CCCCCCCCCC(=O)OCCCCCCCCCCCCCCCCCCCCCCCCCCCCCCCCCCCCCC(=O)NC(CO)C(O)CCCCCCCCCCCCCCCCC. The van der Waals surface area contributed by atoms with Gasteiger partial charge in [0.05, 0.1) is 25.4 Å². The Bertz CT molecular complexity index is 1290. The molecule has 0 bridgehead atoms. The summed E-state index contributed by atoms with van der Waals surface area (Å²) in [6.07, 6.45) is 94.5. The average Bonchev–Trinajstić information content (AvgIpc) is 3.52. The van der Waals surface area contributed by atoms with E-state index in [0.29, 0.717) is 25.9 Å². The molecule has 0 saturated carbocycles. The Kier molecular flexibility index (Phi) is 73.8. The summed E-state index contributed by atoms with van der Waals surface area (Å²) in [5.74, 6) is -0.00491. The van der Waals surface area contributed by atoms with Crippen LogP contribution in [0.1, 0.15) is 457 Å². The predicted molar refractivity (Wildman–Crippen MR) is 375 cm³/mol. The summed E-state index contributed by atoms with van der Waals surface area (Å²) in [4.78, 5) is 24.6. The fourth-order valence-electron chi connectivity index (χ4n) is 12.8. The van der Waals surface area contributed by atoms with Crippen molar-refractivity contribution in [3.63, 3.8) is 0 Å². The van der Waals surface area contributed by atoms with Gasteiger partial charge < -0.3 is 20.3 Å². The Morgan fingerprint density at radius 3 is 0.835 bits per heavy atom. The molecule has 6 heteroatoms. The zero-order valence-corrected chi connectivity index (χ0v) is 58.1. The highest BCUT2D eigenvalue weighted by molar-refractivity contribution is 5.76. The van der Waals surface area contributed by atoms with Gasteiger partial charge in [0.2, 0.25) is 5.91 Å². The minimum atomic E-state index is -0.660. The average molecular weight is 1200 g/mol. The molecule has 85 heavy (non-hydrogen) atoms. The van der Waals surface area contributed by atoms with Gasteiger partial charge in [-0.05, 0) is 51.4 Å². The van der Waals surface area contributed by atoms with Crippen LogP contribution < -0.4 is 5.32 Å². The molecule has 2 atom stereocenters. The molecule has 0 fully saturated rings. The summed E-state index contributed by atoms with van der Waals surface area (Å²) in [7, 11) is 0. The van der Waals surface area contributed by atoms with E-state index < -0.39 is 12.1 Å². The lowest BCUT2D eigenvalue weighted by atomic mass is 10.0. The monoisotopic (exact) mass is 1200 g/mol. The van der Waals surface area contributed by atoms with Crippen LogP contribution in [0.5, 0.6) is 0 Å². The second-order valence-corrected chi connectivity index (χ2v) is 27.4. The maximum Gasteiger partial charge on any atom is 0.305 e. The number of hydrogen-bond acceptors (Lipinski definition) is 5.